The predicted molar refractivity (Wildman–Crippen MR) is 109 cm³/mol. The number of rotatable bonds is 4. The van der Waals surface area contributed by atoms with E-state index in [0.717, 1.165) is 17.7 Å². The molecule has 0 fully saturated rings. The molecule has 1 aliphatic heterocycles. The molecule has 1 N–H and O–H groups in total. The van der Waals surface area contributed by atoms with Gasteiger partial charge in [0.05, 0.1) is 23.2 Å². The molecule has 2 aromatic carbocycles. The van der Waals surface area contributed by atoms with E-state index in [0.29, 0.717) is 17.3 Å². The largest absolute Gasteiger partial charge is 0.376 e. The minimum atomic E-state index is -0.246. The molecule has 5 nitrogen and oxygen atoms in total. The first-order valence-electron chi connectivity index (χ1n) is 8.98. The van der Waals surface area contributed by atoms with Crippen molar-refractivity contribution in [2.24, 2.45) is 0 Å². The Labute approximate surface area is 164 Å². The molecule has 1 aliphatic rings. The number of halogens is 1. The Bertz CT molecular complexity index is 866. The van der Waals surface area contributed by atoms with Crippen molar-refractivity contribution in [3.05, 3.63) is 58.6 Å². The summed E-state index contributed by atoms with van der Waals surface area (Å²) in [4.78, 5) is 28.5. The van der Waals surface area contributed by atoms with Gasteiger partial charge in [0.15, 0.2) is 0 Å². The summed E-state index contributed by atoms with van der Waals surface area (Å²) in [6.07, 6.45) is 1.03. The lowest BCUT2D eigenvalue weighted by molar-refractivity contribution is -0.132. The molecule has 1 atom stereocenters. The third-order valence-corrected chi connectivity index (χ3v) is 5.21. The maximum Gasteiger partial charge on any atom is 0.226 e. The molecule has 0 spiro atoms. The summed E-state index contributed by atoms with van der Waals surface area (Å²) in [5.41, 5.74) is 3.79. The van der Waals surface area contributed by atoms with Crippen molar-refractivity contribution in [3.8, 4) is 0 Å². The van der Waals surface area contributed by atoms with Crippen molar-refractivity contribution in [1.29, 1.82) is 0 Å². The van der Waals surface area contributed by atoms with Gasteiger partial charge in [-0.2, -0.15) is 0 Å². The zero-order valence-electron chi connectivity index (χ0n) is 15.8. The van der Waals surface area contributed by atoms with Crippen LogP contribution in [-0.2, 0) is 16.0 Å². The normalized spacial score (nSPS) is 15.9. The highest BCUT2D eigenvalue weighted by atomic mass is 35.5. The first-order chi connectivity index (χ1) is 12.9. The number of hydrogen-bond acceptors (Lipinski definition) is 3. The molecule has 0 radical (unpaired) electrons. The summed E-state index contributed by atoms with van der Waals surface area (Å²) in [7, 11) is 3.83. The molecular formula is C21H24ClN3O2. The summed E-state index contributed by atoms with van der Waals surface area (Å²) in [5, 5.41) is 3.48. The van der Waals surface area contributed by atoms with E-state index in [2.05, 4.69) is 11.4 Å². The fourth-order valence-corrected chi connectivity index (χ4v) is 3.93. The van der Waals surface area contributed by atoms with Crippen LogP contribution >= 0.6 is 11.6 Å². The Morgan fingerprint density at radius 2 is 1.96 bits per heavy atom. The molecule has 2 aromatic rings. The highest BCUT2D eigenvalue weighted by Gasteiger charge is 2.30. The molecule has 0 saturated heterocycles. The van der Waals surface area contributed by atoms with Crippen LogP contribution in [0.5, 0.6) is 0 Å². The second-order valence-corrected chi connectivity index (χ2v) is 7.40. The Morgan fingerprint density at radius 3 is 2.63 bits per heavy atom. The average Bonchev–Trinajstić information content (AvgIpc) is 2.61. The molecule has 1 unspecified atom stereocenters. The van der Waals surface area contributed by atoms with E-state index < -0.39 is 0 Å². The van der Waals surface area contributed by atoms with E-state index in [1.807, 2.05) is 49.3 Å². The van der Waals surface area contributed by atoms with E-state index in [9.17, 15) is 9.59 Å². The first-order valence-corrected chi connectivity index (χ1v) is 9.36. The average molecular weight is 386 g/mol. The van der Waals surface area contributed by atoms with Gasteiger partial charge in [-0.25, -0.2) is 0 Å². The summed E-state index contributed by atoms with van der Waals surface area (Å²) in [5.74, 6) is -0.155. The zero-order valence-corrected chi connectivity index (χ0v) is 16.6. The lowest BCUT2D eigenvalue weighted by Crippen LogP contribution is -2.40. The van der Waals surface area contributed by atoms with Crippen molar-refractivity contribution < 1.29 is 9.59 Å². The maximum absolute atomic E-state index is 12.7. The quantitative estimate of drug-likeness (QED) is 0.868. The SMILES string of the molecule is CC(=O)N1CCc2ccccc2C1CC(=O)Nc1ccc(N(C)C)c(Cl)c1. The number of carbonyl (C=O) groups is 2. The second-order valence-electron chi connectivity index (χ2n) is 6.99. The van der Waals surface area contributed by atoms with Crippen LogP contribution in [0.4, 0.5) is 11.4 Å². The zero-order chi connectivity index (χ0) is 19.6. The Hall–Kier alpha value is -2.53. The standard InChI is InChI=1S/C21H24ClN3O2/c1-14(26)25-11-10-15-6-4-5-7-17(15)20(25)13-21(27)23-16-8-9-19(24(2)3)18(22)12-16/h4-9,12,20H,10-11,13H2,1-3H3,(H,23,27). The number of hydrogen-bond donors (Lipinski definition) is 1. The summed E-state index contributed by atoms with van der Waals surface area (Å²) in [6, 6.07) is 13.2. The van der Waals surface area contributed by atoms with Crippen LogP contribution in [0, 0.1) is 0 Å². The van der Waals surface area contributed by atoms with Gasteiger partial charge in [-0.15, -0.1) is 0 Å². The van der Waals surface area contributed by atoms with Gasteiger partial charge in [-0.1, -0.05) is 35.9 Å². The van der Waals surface area contributed by atoms with Gasteiger partial charge in [0, 0.05) is 33.3 Å². The van der Waals surface area contributed by atoms with Gasteiger partial charge >= 0.3 is 0 Å². The van der Waals surface area contributed by atoms with Crippen LogP contribution in [0.15, 0.2) is 42.5 Å². The number of carbonyl (C=O) groups excluding carboxylic acids is 2. The van der Waals surface area contributed by atoms with Gasteiger partial charge in [0.2, 0.25) is 11.8 Å². The molecule has 2 amide bonds. The van der Waals surface area contributed by atoms with E-state index in [-0.39, 0.29) is 24.3 Å². The number of nitrogens with one attached hydrogen (secondary N) is 1. The van der Waals surface area contributed by atoms with Crippen LogP contribution in [0.25, 0.3) is 0 Å². The third-order valence-electron chi connectivity index (χ3n) is 4.91. The van der Waals surface area contributed by atoms with Gasteiger partial charge in [0.25, 0.3) is 0 Å². The number of amides is 2. The summed E-state index contributed by atoms with van der Waals surface area (Å²) < 4.78 is 0. The minimum Gasteiger partial charge on any atom is -0.376 e. The van der Waals surface area contributed by atoms with Gasteiger partial charge in [0.1, 0.15) is 0 Å². The molecule has 0 aliphatic carbocycles. The molecule has 27 heavy (non-hydrogen) atoms. The van der Waals surface area contributed by atoms with Crippen molar-refractivity contribution in [2.45, 2.75) is 25.8 Å². The topological polar surface area (TPSA) is 52.7 Å². The Balaban J connectivity index is 1.78. The molecule has 142 valence electrons. The highest BCUT2D eigenvalue weighted by molar-refractivity contribution is 6.33. The van der Waals surface area contributed by atoms with Crippen molar-refractivity contribution in [3.63, 3.8) is 0 Å². The maximum atomic E-state index is 12.7. The van der Waals surface area contributed by atoms with Crippen molar-refractivity contribution in [1.82, 2.24) is 4.90 Å². The van der Waals surface area contributed by atoms with Gasteiger partial charge < -0.3 is 15.1 Å². The number of nitrogens with zero attached hydrogens (tertiary/aromatic N) is 2. The third kappa shape index (κ3) is 4.25. The van der Waals surface area contributed by atoms with Crippen molar-refractivity contribution in [2.75, 3.05) is 30.9 Å². The molecule has 6 heteroatoms. The van der Waals surface area contributed by atoms with E-state index >= 15 is 0 Å². The Morgan fingerprint density at radius 1 is 1.22 bits per heavy atom. The fourth-order valence-electron chi connectivity index (χ4n) is 3.58. The monoisotopic (exact) mass is 385 g/mol. The Kier molecular flexibility index (Phi) is 5.71. The first kappa shape index (κ1) is 19.2. The van der Waals surface area contributed by atoms with Crippen molar-refractivity contribution >= 4 is 34.8 Å². The molecule has 0 aromatic heterocycles. The molecule has 1 heterocycles. The van der Waals surface area contributed by atoms with Crippen LogP contribution in [0.3, 0.4) is 0 Å². The lowest BCUT2D eigenvalue weighted by atomic mass is 9.90. The number of anilines is 2. The molecule has 0 saturated carbocycles. The summed E-state index contributed by atoms with van der Waals surface area (Å²) >= 11 is 6.29. The highest BCUT2D eigenvalue weighted by Crippen LogP contribution is 2.33. The number of fused-ring (bicyclic) bond motifs is 1. The number of benzene rings is 2. The molecular weight excluding hydrogens is 362 g/mol. The minimum absolute atomic E-state index is 0.0133. The fraction of sp³-hybridized carbons (Fsp3) is 0.333. The molecule has 0 bridgehead atoms. The summed E-state index contributed by atoms with van der Waals surface area (Å²) in [6.45, 7) is 2.19. The van der Waals surface area contributed by atoms with Crippen LogP contribution in [0.1, 0.15) is 30.5 Å². The van der Waals surface area contributed by atoms with Gasteiger partial charge in [-0.3, -0.25) is 9.59 Å². The smallest absolute Gasteiger partial charge is 0.226 e. The van der Waals surface area contributed by atoms with Gasteiger partial charge in [-0.05, 0) is 35.7 Å². The van der Waals surface area contributed by atoms with E-state index in [1.54, 1.807) is 17.9 Å². The van der Waals surface area contributed by atoms with E-state index in [1.165, 1.54) is 5.56 Å². The van der Waals surface area contributed by atoms with E-state index in [4.69, 9.17) is 11.6 Å². The second kappa shape index (κ2) is 8.01. The lowest BCUT2D eigenvalue weighted by Gasteiger charge is -2.36. The van der Waals surface area contributed by atoms with Crippen LogP contribution in [0.2, 0.25) is 5.02 Å². The predicted octanol–water partition coefficient (Wildman–Crippen LogP) is 3.88. The van der Waals surface area contributed by atoms with Crippen LogP contribution in [-0.4, -0.2) is 37.4 Å². The van der Waals surface area contributed by atoms with Crippen LogP contribution < -0.4 is 10.2 Å². The molecule has 3 rings (SSSR count).